The van der Waals surface area contributed by atoms with Gasteiger partial charge in [0.1, 0.15) is 11.5 Å². The number of anilines is 1. The summed E-state index contributed by atoms with van der Waals surface area (Å²) >= 11 is 6.27. The number of aromatic nitrogens is 3. The van der Waals surface area contributed by atoms with Crippen LogP contribution in [0.15, 0.2) is 36.8 Å². The third kappa shape index (κ3) is 2.47. The fourth-order valence-corrected chi connectivity index (χ4v) is 2.56. The van der Waals surface area contributed by atoms with Crippen LogP contribution in [0, 0.1) is 0 Å². The monoisotopic (exact) mass is 300 g/mol. The van der Waals surface area contributed by atoms with Crippen LogP contribution >= 0.6 is 11.6 Å². The largest absolute Gasteiger partial charge is 0.384 e. The highest BCUT2D eigenvalue weighted by Crippen LogP contribution is 2.32. The van der Waals surface area contributed by atoms with Crippen molar-refractivity contribution in [1.29, 1.82) is 0 Å². The van der Waals surface area contributed by atoms with Crippen LogP contribution in [-0.2, 0) is 0 Å². The number of halogens is 1. The lowest BCUT2D eigenvalue weighted by Gasteiger charge is -2.06. The molecule has 3 rings (SSSR count). The van der Waals surface area contributed by atoms with Crippen LogP contribution in [0.5, 0.6) is 0 Å². The lowest BCUT2D eigenvalue weighted by atomic mass is 10.1. The molecule has 0 spiro atoms. The van der Waals surface area contributed by atoms with E-state index in [1.54, 1.807) is 12.3 Å². The van der Waals surface area contributed by atoms with E-state index in [0.717, 1.165) is 28.9 Å². The van der Waals surface area contributed by atoms with Crippen LogP contribution in [0.3, 0.4) is 0 Å². The first-order chi connectivity index (χ1) is 10.1. The Morgan fingerprint density at radius 1 is 1.38 bits per heavy atom. The molecule has 0 bridgehead atoms. The van der Waals surface area contributed by atoms with Crippen molar-refractivity contribution in [3.05, 3.63) is 47.5 Å². The summed E-state index contributed by atoms with van der Waals surface area (Å²) in [6, 6.07) is 5.77. The summed E-state index contributed by atoms with van der Waals surface area (Å²) in [6.45, 7) is 4.34. The molecule has 0 radical (unpaired) electrons. The van der Waals surface area contributed by atoms with Crippen molar-refractivity contribution in [3.63, 3.8) is 0 Å². The van der Waals surface area contributed by atoms with Crippen LogP contribution in [0.2, 0.25) is 5.02 Å². The van der Waals surface area contributed by atoms with Gasteiger partial charge in [0.2, 0.25) is 0 Å². The lowest BCUT2D eigenvalue weighted by molar-refractivity contribution is 0.714. The molecule has 1 unspecified atom stereocenters. The van der Waals surface area contributed by atoms with Crippen LogP contribution in [-0.4, -0.2) is 14.4 Å². The number of nitrogen functional groups attached to an aromatic ring is 1. The second-order valence-corrected chi connectivity index (χ2v) is 5.62. The molecular weight excluding hydrogens is 284 g/mol. The number of pyridine rings is 2. The number of hydrogen-bond acceptors (Lipinski definition) is 3. The minimum atomic E-state index is 0.427. The van der Waals surface area contributed by atoms with Crippen LogP contribution < -0.4 is 5.73 Å². The van der Waals surface area contributed by atoms with Gasteiger partial charge in [-0.05, 0) is 30.5 Å². The molecule has 21 heavy (non-hydrogen) atoms. The van der Waals surface area contributed by atoms with Crippen LogP contribution in [0.4, 0.5) is 5.82 Å². The molecule has 0 aliphatic rings. The standard InChI is InChI=1S/C16H17ClN4/c1-3-10(2)14-9-21-6-4-5-11(16(21)20-14)12-7-15(18)19-8-13(12)17/h4-10H,3H2,1-2H3,(H2,18,19). The molecule has 108 valence electrons. The average molecular weight is 301 g/mol. The third-order valence-electron chi connectivity index (χ3n) is 3.79. The molecule has 0 fully saturated rings. The summed E-state index contributed by atoms with van der Waals surface area (Å²) in [5, 5.41) is 0.574. The van der Waals surface area contributed by atoms with E-state index in [-0.39, 0.29) is 0 Å². The average Bonchev–Trinajstić information content (AvgIpc) is 2.93. The molecule has 5 heteroatoms. The van der Waals surface area contributed by atoms with Gasteiger partial charge in [-0.15, -0.1) is 0 Å². The maximum absolute atomic E-state index is 6.27. The predicted octanol–water partition coefficient (Wildman–Crippen LogP) is 4.15. The van der Waals surface area contributed by atoms with Gasteiger partial charge in [-0.25, -0.2) is 9.97 Å². The molecule has 2 N–H and O–H groups in total. The van der Waals surface area contributed by atoms with E-state index in [0.29, 0.717) is 16.8 Å². The molecule has 4 nitrogen and oxygen atoms in total. The highest BCUT2D eigenvalue weighted by molar-refractivity contribution is 6.33. The summed E-state index contributed by atoms with van der Waals surface area (Å²) in [6.07, 6.45) is 6.71. The quantitative estimate of drug-likeness (QED) is 0.790. The maximum Gasteiger partial charge on any atom is 0.144 e. The summed E-state index contributed by atoms with van der Waals surface area (Å²) in [7, 11) is 0. The molecule has 0 saturated carbocycles. The Balaban J connectivity index is 2.23. The van der Waals surface area contributed by atoms with Crippen molar-refractivity contribution in [2.45, 2.75) is 26.2 Å². The molecule has 0 amide bonds. The molecule has 0 aliphatic carbocycles. The molecule has 0 aliphatic heterocycles. The van der Waals surface area contributed by atoms with Gasteiger partial charge >= 0.3 is 0 Å². The van der Waals surface area contributed by atoms with Gasteiger partial charge in [0.15, 0.2) is 0 Å². The van der Waals surface area contributed by atoms with Gasteiger partial charge in [0, 0.05) is 29.7 Å². The topological polar surface area (TPSA) is 56.2 Å². The number of nitrogens with zero attached hydrogens (tertiary/aromatic N) is 3. The highest BCUT2D eigenvalue weighted by atomic mass is 35.5. The second kappa shape index (κ2) is 5.37. The predicted molar refractivity (Wildman–Crippen MR) is 86.6 cm³/mol. The molecule has 3 heterocycles. The van der Waals surface area contributed by atoms with Gasteiger partial charge in [0.25, 0.3) is 0 Å². The van der Waals surface area contributed by atoms with E-state index in [2.05, 4.69) is 25.0 Å². The minimum absolute atomic E-state index is 0.427. The third-order valence-corrected chi connectivity index (χ3v) is 4.09. The van der Waals surface area contributed by atoms with Gasteiger partial charge in [-0.3, -0.25) is 0 Å². The van der Waals surface area contributed by atoms with Crippen molar-refractivity contribution < 1.29 is 0 Å². The van der Waals surface area contributed by atoms with Crippen molar-refractivity contribution in [2.75, 3.05) is 5.73 Å². The number of imidazole rings is 1. The van der Waals surface area contributed by atoms with Gasteiger partial charge in [0.05, 0.1) is 10.7 Å². The normalized spacial score (nSPS) is 12.7. The Kier molecular flexibility index (Phi) is 3.55. The lowest BCUT2D eigenvalue weighted by Crippen LogP contribution is -1.93. The Morgan fingerprint density at radius 3 is 2.95 bits per heavy atom. The smallest absolute Gasteiger partial charge is 0.144 e. The van der Waals surface area contributed by atoms with Gasteiger partial charge in [-0.2, -0.15) is 0 Å². The van der Waals surface area contributed by atoms with E-state index in [1.807, 2.05) is 22.7 Å². The van der Waals surface area contributed by atoms with Gasteiger partial charge < -0.3 is 10.1 Å². The first-order valence-corrected chi connectivity index (χ1v) is 7.37. The van der Waals surface area contributed by atoms with Crippen molar-refractivity contribution in [2.24, 2.45) is 0 Å². The van der Waals surface area contributed by atoms with E-state index in [1.165, 1.54) is 0 Å². The van der Waals surface area contributed by atoms with Crippen molar-refractivity contribution in [3.8, 4) is 11.1 Å². The Labute approximate surface area is 128 Å². The molecule has 1 atom stereocenters. The minimum Gasteiger partial charge on any atom is -0.384 e. The Hall–Kier alpha value is -2.07. The molecule has 3 aromatic heterocycles. The Morgan fingerprint density at radius 2 is 2.19 bits per heavy atom. The van der Waals surface area contributed by atoms with E-state index in [4.69, 9.17) is 22.3 Å². The molecule has 3 aromatic rings. The molecule has 0 aromatic carbocycles. The highest BCUT2D eigenvalue weighted by Gasteiger charge is 2.14. The number of nitrogens with two attached hydrogens (primary N) is 1. The van der Waals surface area contributed by atoms with Crippen LogP contribution in [0.1, 0.15) is 31.9 Å². The number of rotatable bonds is 3. The second-order valence-electron chi connectivity index (χ2n) is 5.22. The SMILES string of the molecule is CCC(C)c1cn2cccc(-c3cc(N)ncc3Cl)c2n1. The van der Waals surface area contributed by atoms with E-state index in [9.17, 15) is 0 Å². The number of fused-ring (bicyclic) bond motifs is 1. The first-order valence-electron chi connectivity index (χ1n) is 6.99. The summed E-state index contributed by atoms with van der Waals surface area (Å²) in [5.74, 6) is 0.876. The zero-order valence-electron chi connectivity index (χ0n) is 12.0. The van der Waals surface area contributed by atoms with Crippen molar-refractivity contribution in [1.82, 2.24) is 14.4 Å². The van der Waals surface area contributed by atoms with Gasteiger partial charge in [-0.1, -0.05) is 25.4 Å². The zero-order chi connectivity index (χ0) is 15.0. The fraction of sp³-hybridized carbons (Fsp3) is 0.250. The van der Waals surface area contributed by atoms with E-state index >= 15 is 0 Å². The fourth-order valence-electron chi connectivity index (χ4n) is 2.35. The first kappa shape index (κ1) is 13.9. The summed E-state index contributed by atoms with van der Waals surface area (Å²) in [5.41, 5.74) is 9.58. The molecule has 0 saturated heterocycles. The number of hydrogen-bond donors (Lipinski definition) is 1. The molecular formula is C16H17ClN4. The zero-order valence-corrected chi connectivity index (χ0v) is 12.8. The van der Waals surface area contributed by atoms with Crippen molar-refractivity contribution >= 4 is 23.1 Å². The summed E-state index contributed by atoms with van der Waals surface area (Å²) < 4.78 is 2.03. The van der Waals surface area contributed by atoms with E-state index < -0.39 is 0 Å². The summed E-state index contributed by atoms with van der Waals surface area (Å²) in [4.78, 5) is 8.78. The Bertz CT molecular complexity index is 794. The maximum atomic E-state index is 6.27. The van der Waals surface area contributed by atoms with Crippen LogP contribution in [0.25, 0.3) is 16.8 Å².